The summed E-state index contributed by atoms with van der Waals surface area (Å²) in [6.45, 7) is 1.95. The molecule has 1 aromatic heterocycles. The van der Waals surface area contributed by atoms with Gasteiger partial charge in [0.15, 0.2) is 12.0 Å². The van der Waals surface area contributed by atoms with Crippen LogP contribution in [0.4, 0.5) is 28.8 Å². The number of aromatic nitrogens is 2. The van der Waals surface area contributed by atoms with Crippen LogP contribution in [0.3, 0.4) is 0 Å². The number of nitrogens with zero attached hydrogens (tertiary/aromatic N) is 4. The molecular weight excluding hydrogens is 396 g/mol. The van der Waals surface area contributed by atoms with E-state index in [-0.39, 0.29) is 0 Å². The number of aliphatic hydroxyl groups is 1. The second-order valence-electron chi connectivity index (χ2n) is 7.15. The fraction of sp³-hybridized carbons (Fsp3) is 0.227. The maximum Gasteiger partial charge on any atom is 0.229 e. The number of hydrogen-bond acceptors (Lipinski definition) is 9. The lowest BCUT2D eigenvalue weighted by atomic mass is 10.1. The molecule has 160 valence electrons. The largest absolute Gasteiger partial charge is 0.497 e. The minimum absolute atomic E-state index is 0.362. The Morgan fingerprint density at radius 2 is 1.84 bits per heavy atom. The van der Waals surface area contributed by atoms with Crippen molar-refractivity contribution in [1.29, 1.82) is 0 Å². The van der Waals surface area contributed by atoms with Crippen LogP contribution in [0.1, 0.15) is 11.1 Å². The summed E-state index contributed by atoms with van der Waals surface area (Å²) in [4.78, 5) is 15.2. The normalized spacial score (nSPS) is 15.2. The molecule has 0 spiro atoms. The molecule has 3 aromatic rings. The molecule has 2 heterocycles. The zero-order valence-electron chi connectivity index (χ0n) is 17.7. The van der Waals surface area contributed by atoms with Gasteiger partial charge in [-0.2, -0.15) is 4.98 Å². The van der Waals surface area contributed by atoms with Gasteiger partial charge >= 0.3 is 0 Å². The van der Waals surface area contributed by atoms with E-state index in [2.05, 4.69) is 20.3 Å². The standard InChI is InChI=1S/C22H24N6O3/c1-12-6-5-7-16(23)18(12)26-22-24-11-17-20(27-22)28(2)21(29)19(25-17)13-8-14(30-3)10-15(9-13)31-4/h5-11,21,29H,23H2,1-4H3,(H,24,26,27). The summed E-state index contributed by atoms with van der Waals surface area (Å²) in [6, 6.07) is 11.0. The van der Waals surface area contributed by atoms with E-state index in [0.717, 1.165) is 11.3 Å². The molecular formula is C22H24N6O3. The average molecular weight is 420 g/mol. The molecule has 0 aliphatic carbocycles. The molecule has 0 saturated carbocycles. The van der Waals surface area contributed by atoms with E-state index in [1.807, 2.05) is 25.1 Å². The van der Waals surface area contributed by atoms with Gasteiger partial charge in [-0.1, -0.05) is 12.1 Å². The number of rotatable bonds is 5. The monoisotopic (exact) mass is 420 g/mol. The highest BCUT2D eigenvalue weighted by atomic mass is 16.5. The first-order valence-corrected chi connectivity index (χ1v) is 9.63. The maximum absolute atomic E-state index is 10.9. The topological polar surface area (TPSA) is 118 Å². The Morgan fingerprint density at radius 3 is 2.48 bits per heavy atom. The zero-order chi connectivity index (χ0) is 22.1. The van der Waals surface area contributed by atoms with Crippen LogP contribution >= 0.6 is 0 Å². The lowest BCUT2D eigenvalue weighted by molar-refractivity contribution is 0.239. The van der Waals surface area contributed by atoms with Gasteiger partial charge in [-0.25, -0.2) is 9.98 Å². The number of hydrogen-bond donors (Lipinski definition) is 3. The Hall–Kier alpha value is -3.85. The van der Waals surface area contributed by atoms with Crippen LogP contribution < -0.4 is 25.4 Å². The number of benzene rings is 2. The quantitative estimate of drug-likeness (QED) is 0.539. The summed E-state index contributed by atoms with van der Waals surface area (Å²) in [6.07, 6.45) is 0.592. The molecule has 1 unspecified atom stereocenters. The first-order chi connectivity index (χ1) is 14.9. The van der Waals surface area contributed by atoms with Gasteiger partial charge in [0.25, 0.3) is 0 Å². The molecule has 9 nitrogen and oxygen atoms in total. The highest BCUT2D eigenvalue weighted by Gasteiger charge is 2.29. The van der Waals surface area contributed by atoms with Crippen molar-refractivity contribution in [3.8, 4) is 11.5 Å². The van der Waals surface area contributed by atoms with Gasteiger partial charge in [0.1, 0.15) is 17.2 Å². The van der Waals surface area contributed by atoms with Crippen molar-refractivity contribution in [2.24, 2.45) is 4.99 Å². The van der Waals surface area contributed by atoms with Crippen molar-refractivity contribution in [3.63, 3.8) is 0 Å². The Kier molecular flexibility index (Phi) is 5.35. The molecule has 9 heteroatoms. The first kappa shape index (κ1) is 20.4. The van der Waals surface area contributed by atoms with Crippen molar-refractivity contribution in [1.82, 2.24) is 9.97 Å². The van der Waals surface area contributed by atoms with E-state index in [1.54, 1.807) is 50.6 Å². The first-order valence-electron chi connectivity index (χ1n) is 9.63. The van der Waals surface area contributed by atoms with Gasteiger partial charge in [0, 0.05) is 18.7 Å². The van der Waals surface area contributed by atoms with Gasteiger partial charge in [-0.05, 0) is 30.7 Å². The number of likely N-dealkylation sites (N-methyl/N-ethyl adjacent to an activating group) is 1. The van der Waals surface area contributed by atoms with Crippen molar-refractivity contribution in [2.75, 3.05) is 37.2 Å². The van der Waals surface area contributed by atoms with E-state index in [9.17, 15) is 5.11 Å². The number of para-hydroxylation sites is 1. The lowest BCUT2D eigenvalue weighted by Gasteiger charge is -2.31. The fourth-order valence-corrected chi connectivity index (χ4v) is 3.39. The molecule has 1 aliphatic rings. The number of ether oxygens (including phenoxy) is 2. The van der Waals surface area contributed by atoms with Crippen molar-refractivity contribution in [2.45, 2.75) is 13.2 Å². The maximum atomic E-state index is 10.9. The summed E-state index contributed by atoms with van der Waals surface area (Å²) in [5.74, 6) is 2.06. The molecule has 1 atom stereocenters. The van der Waals surface area contributed by atoms with E-state index in [1.165, 1.54) is 0 Å². The van der Waals surface area contributed by atoms with Crippen LogP contribution in [-0.2, 0) is 0 Å². The number of fused-ring (bicyclic) bond motifs is 1. The van der Waals surface area contributed by atoms with Gasteiger partial charge in [-0.15, -0.1) is 0 Å². The van der Waals surface area contributed by atoms with E-state index in [0.29, 0.717) is 45.9 Å². The number of aryl methyl sites for hydroxylation is 1. The summed E-state index contributed by atoms with van der Waals surface area (Å²) in [5, 5.41) is 14.1. The molecule has 0 amide bonds. The third-order valence-corrected chi connectivity index (χ3v) is 5.13. The Balaban J connectivity index is 1.73. The predicted molar refractivity (Wildman–Crippen MR) is 121 cm³/mol. The van der Waals surface area contributed by atoms with Crippen molar-refractivity contribution < 1.29 is 14.6 Å². The Morgan fingerprint density at radius 1 is 1.13 bits per heavy atom. The number of nitrogens with two attached hydrogens (primary N) is 1. The number of nitrogen functional groups attached to an aromatic ring is 1. The summed E-state index contributed by atoms with van der Waals surface area (Å²) < 4.78 is 10.7. The van der Waals surface area contributed by atoms with Crippen molar-refractivity contribution >= 4 is 34.5 Å². The molecule has 2 aromatic carbocycles. The molecule has 0 bridgehead atoms. The Labute approximate surface area is 180 Å². The molecule has 0 fully saturated rings. The number of methoxy groups -OCH3 is 2. The average Bonchev–Trinajstić information content (AvgIpc) is 2.78. The third-order valence-electron chi connectivity index (χ3n) is 5.13. The number of anilines is 4. The van der Waals surface area contributed by atoms with Crippen LogP contribution in [0.15, 0.2) is 47.6 Å². The molecule has 1 aliphatic heterocycles. The molecule has 4 rings (SSSR count). The summed E-state index contributed by atoms with van der Waals surface area (Å²) in [5.41, 5.74) is 10.0. The second kappa shape index (κ2) is 8.11. The fourth-order valence-electron chi connectivity index (χ4n) is 3.39. The minimum Gasteiger partial charge on any atom is -0.497 e. The SMILES string of the molecule is COc1cc(OC)cc(C2=Nc3cnc(Nc4c(C)cccc4N)nc3N(C)C2O)c1. The van der Waals surface area contributed by atoms with Gasteiger partial charge in [0.2, 0.25) is 5.95 Å². The van der Waals surface area contributed by atoms with E-state index in [4.69, 9.17) is 15.2 Å². The number of aliphatic hydroxyl groups excluding tert-OH is 1. The van der Waals surface area contributed by atoms with E-state index < -0.39 is 6.23 Å². The predicted octanol–water partition coefficient (Wildman–Crippen LogP) is 3.02. The number of aliphatic imine (C=N–C) groups is 1. The lowest BCUT2D eigenvalue weighted by Crippen LogP contribution is -2.41. The molecule has 0 saturated heterocycles. The summed E-state index contributed by atoms with van der Waals surface area (Å²) >= 11 is 0. The van der Waals surface area contributed by atoms with Gasteiger partial charge < -0.3 is 30.5 Å². The highest BCUT2D eigenvalue weighted by molar-refractivity contribution is 6.09. The smallest absolute Gasteiger partial charge is 0.229 e. The second-order valence-corrected chi connectivity index (χ2v) is 7.15. The van der Waals surface area contributed by atoms with Gasteiger partial charge in [0.05, 0.1) is 37.5 Å². The minimum atomic E-state index is -1.02. The summed E-state index contributed by atoms with van der Waals surface area (Å²) in [7, 11) is 4.89. The van der Waals surface area contributed by atoms with Crippen LogP contribution in [0.2, 0.25) is 0 Å². The Bertz CT molecular complexity index is 1120. The van der Waals surface area contributed by atoms with Crippen LogP contribution in [-0.4, -0.2) is 48.3 Å². The van der Waals surface area contributed by atoms with Gasteiger partial charge in [-0.3, -0.25) is 0 Å². The highest BCUT2D eigenvalue weighted by Crippen LogP contribution is 2.35. The molecule has 31 heavy (non-hydrogen) atoms. The van der Waals surface area contributed by atoms with E-state index >= 15 is 0 Å². The van der Waals surface area contributed by atoms with Crippen molar-refractivity contribution in [3.05, 3.63) is 53.7 Å². The zero-order valence-corrected chi connectivity index (χ0v) is 17.7. The van der Waals surface area contributed by atoms with Crippen LogP contribution in [0.25, 0.3) is 0 Å². The third kappa shape index (κ3) is 3.82. The molecule has 0 radical (unpaired) electrons. The molecule has 4 N–H and O–H groups in total. The van der Waals surface area contributed by atoms with Crippen LogP contribution in [0, 0.1) is 6.92 Å². The number of nitrogens with one attached hydrogen (secondary N) is 1. The van der Waals surface area contributed by atoms with Crippen LogP contribution in [0.5, 0.6) is 11.5 Å².